The van der Waals surface area contributed by atoms with E-state index in [1.807, 2.05) is 0 Å². The number of aliphatic carboxylic acids is 1. The van der Waals surface area contributed by atoms with Crippen molar-refractivity contribution in [3.8, 4) is 0 Å². The van der Waals surface area contributed by atoms with Crippen molar-refractivity contribution in [3.63, 3.8) is 0 Å². The average molecular weight is 230 g/mol. The van der Waals surface area contributed by atoms with Gasteiger partial charge in [0.25, 0.3) is 0 Å². The fourth-order valence-electron chi connectivity index (χ4n) is 2.14. The van der Waals surface area contributed by atoms with Gasteiger partial charge in [0.05, 0.1) is 19.1 Å². The molecule has 0 aromatic carbocycles. The largest absolute Gasteiger partial charge is 0.481 e. The van der Waals surface area contributed by atoms with Crippen LogP contribution < -0.4 is 0 Å². The molecule has 0 aliphatic heterocycles. The van der Waals surface area contributed by atoms with Gasteiger partial charge in [-0.2, -0.15) is 0 Å². The van der Waals surface area contributed by atoms with Crippen LogP contribution in [0.5, 0.6) is 0 Å². The number of ketones is 1. The number of hydrogen-bond donors (Lipinski definition) is 2. The summed E-state index contributed by atoms with van der Waals surface area (Å²) >= 11 is 0. The molecule has 0 bridgehead atoms. The molecule has 1 aliphatic carbocycles. The van der Waals surface area contributed by atoms with E-state index in [1.165, 1.54) is 6.92 Å². The third-order valence-corrected chi connectivity index (χ3v) is 2.96. The predicted octanol–water partition coefficient (Wildman–Crippen LogP) is -0.554. The van der Waals surface area contributed by atoms with Crippen molar-refractivity contribution in [3.05, 3.63) is 0 Å². The van der Waals surface area contributed by atoms with E-state index >= 15 is 0 Å². The van der Waals surface area contributed by atoms with Crippen LogP contribution in [-0.4, -0.2) is 41.1 Å². The first-order valence-electron chi connectivity index (χ1n) is 4.91. The van der Waals surface area contributed by atoms with Crippen LogP contribution in [0.1, 0.15) is 13.3 Å². The molecule has 6 heteroatoms. The van der Waals surface area contributed by atoms with Crippen LogP contribution in [0, 0.1) is 17.8 Å². The van der Waals surface area contributed by atoms with Crippen molar-refractivity contribution in [2.24, 2.45) is 17.8 Å². The average Bonchev–Trinajstić information content (AvgIpc) is 2.55. The summed E-state index contributed by atoms with van der Waals surface area (Å²) in [5.74, 6) is -5.80. The quantitative estimate of drug-likeness (QED) is 0.498. The standard InChI is InChI=1S/C10H14O6/c1-4(11)5-3-6(12)8(10(15)16-2)7(5)9(13)14/h4-5,7-8,11H,3H2,1-2H3,(H,13,14)/t4?,5-,7+,8?/m0/s1. The lowest BCUT2D eigenvalue weighted by Gasteiger charge is -2.20. The molecule has 0 radical (unpaired) electrons. The van der Waals surface area contributed by atoms with Crippen LogP contribution in [-0.2, 0) is 19.1 Å². The van der Waals surface area contributed by atoms with Gasteiger partial charge in [0.15, 0.2) is 0 Å². The molecule has 1 rings (SSSR count). The van der Waals surface area contributed by atoms with E-state index < -0.39 is 41.6 Å². The molecule has 0 saturated heterocycles. The Hall–Kier alpha value is -1.43. The monoisotopic (exact) mass is 230 g/mol. The highest BCUT2D eigenvalue weighted by Gasteiger charge is 2.52. The summed E-state index contributed by atoms with van der Waals surface area (Å²) in [6.45, 7) is 1.41. The van der Waals surface area contributed by atoms with Crippen molar-refractivity contribution in [2.75, 3.05) is 7.11 Å². The Bertz CT molecular complexity index is 321. The predicted molar refractivity (Wildman–Crippen MR) is 51.4 cm³/mol. The zero-order valence-electron chi connectivity index (χ0n) is 9.04. The minimum absolute atomic E-state index is 0.103. The summed E-state index contributed by atoms with van der Waals surface area (Å²) in [4.78, 5) is 33.9. The molecule has 0 heterocycles. The second-order valence-corrected chi connectivity index (χ2v) is 3.94. The summed E-state index contributed by atoms with van der Waals surface area (Å²) in [5, 5.41) is 18.4. The number of Topliss-reactive ketones (excluding diaryl/α,β-unsaturated/α-hetero) is 1. The maximum atomic E-state index is 11.5. The Morgan fingerprint density at radius 1 is 1.50 bits per heavy atom. The maximum absolute atomic E-state index is 11.5. The van der Waals surface area contributed by atoms with E-state index in [0.29, 0.717) is 0 Å². The number of carbonyl (C=O) groups excluding carboxylic acids is 2. The lowest BCUT2D eigenvalue weighted by Crippen LogP contribution is -2.35. The normalized spacial score (nSPS) is 31.2. The molecule has 6 nitrogen and oxygen atoms in total. The third kappa shape index (κ3) is 2.06. The van der Waals surface area contributed by atoms with Gasteiger partial charge in [0, 0.05) is 12.3 Å². The molecule has 16 heavy (non-hydrogen) atoms. The number of aliphatic hydroxyl groups is 1. The Labute approximate surface area is 92.2 Å². The van der Waals surface area contributed by atoms with Crippen LogP contribution in [0.15, 0.2) is 0 Å². The lowest BCUT2D eigenvalue weighted by atomic mass is 9.86. The second kappa shape index (κ2) is 4.61. The molecular formula is C10H14O6. The number of esters is 1. The van der Waals surface area contributed by atoms with Crippen LogP contribution in [0.4, 0.5) is 0 Å². The van der Waals surface area contributed by atoms with E-state index in [4.69, 9.17) is 5.11 Å². The topological polar surface area (TPSA) is 101 Å². The first-order chi connectivity index (χ1) is 7.40. The number of aliphatic hydroxyl groups excluding tert-OH is 1. The Balaban J connectivity index is 3.03. The van der Waals surface area contributed by atoms with E-state index in [-0.39, 0.29) is 6.42 Å². The van der Waals surface area contributed by atoms with Crippen molar-refractivity contribution in [1.82, 2.24) is 0 Å². The van der Waals surface area contributed by atoms with Crippen molar-refractivity contribution in [1.29, 1.82) is 0 Å². The molecule has 0 aromatic heterocycles. The number of carboxylic acid groups (broad SMARTS) is 1. The molecule has 1 saturated carbocycles. The van der Waals surface area contributed by atoms with Gasteiger partial charge in [-0.3, -0.25) is 14.4 Å². The fourth-order valence-corrected chi connectivity index (χ4v) is 2.14. The van der Waals surface area contributed by atoms with Crippen LogP contribution in [0.2, 0.25) is 0 Å². The van der Waals surface area contributed by atoms with E-state index in [2.05, 4.69) is 4.74 Å². The SMILES string of the molecule is COC(=O)C1C(=O)C[C@@H](C(C)O)[C@H]1C(=O)O. The summed E-state index contributed by atoms with van der Waals surface area (Å²) in [6, 6.07) is 0. The van der Waals surface area contributed by atoms with Gasteiger partial charge in [-0.1, -0.05) is 0 Å². The van der Waals surface area contributed by atoms with Crippen LogP contribution in [0.3, 0.4) is 0 Å². The Kier molecular flexibility index (Phi) is 3.64. The molecule has 2 unspecified atom stereocenters. The maximum Gasteiger partial charge on any atom is 0.317 e. The lowest BCUT2D eigenvalue weighted by molar-refractivity contribution is -0.158. The highest BCUT2D eigenvalue weighted by Crippen LogP contribution is 2.37. The second-order valence-electron chi connectivity index (χ2n) is 3.94. The summed E-state index contributed by atoms with van der Waals surface area (Å²) in [6.07, 6.45) is -1.05. The molecule has 0 aromatic rings. The van der Waals surface area contributed by atoms with Crippen molar-refractivity contribution >= 4 is 17.7 Å². The number of rotatable bonds is 3. The summed E-state index contributed by atoms with van der Waals surface area (Å²) in [5.41, 5.74) is 0. The Morgan fingerprint density at radius 2 is 2.06 bits per heavy atom. The van der Waals surface area contributed by atoms with E-state index in [1.54, 1.807) is 0 Å². The number of methoxy groups -OCH3 is 1. The highest BCUT2D eigenvalue weighted by atomic mass is 16.5. The fraction of sp³-hybridized carbons (Fsp3) is 0.700. The van der Waals surface area contributed by atoms with Gasteiger partial charge in [-0.05, 0) is 6.92 Å². The first-order valence-corrected chi connectivity index (χ1v) is 4.91. The molecule has 4 atom stereocenters. The van der Waals surface area contributed by atoms with Gasteiger partial charge < -0.3 is 14.9 Å². The third-order valence-electron chi connectivity index (χ3n) is 2.96. The summed E-state index contributed by atoms with van der Waals surface area (Å²) < 4.78 is 4.41. The van der Waals surface area contributed by atoms with Crippen molar-refractivity contribution in [2.45, 2.75) is 19.4 Å². The van der Waals surface area contributed by atoms with Crippen LogP contribution in [0.25, 0.3) is 0 Å². The van der Waals surface area contributed by atoms with E-state index in [0.717, 1.165) is 7.11 Å². The molecule has 0 spiro atoms. The highest BCUT2D eigenvalue weighted by molar-refractivity contribution is 6.04. The number of hydrogen-bond acceptors (Lipinski definition) is 5. The van der Waals surface area contributed by atoms with Gasteiger partial charge in [0.2, 0.25) is 0 Å². The minimum Gasteiger partial charge on any atom is -0.481 e. The summed E-state index contributed by atoms with van der Waals surface area (Å²) in [7, 11) is 1.10. The van der Waals surface area contributed by atoms with Gasteiger partial charge >= 0.3 is 11.9 Å². The van der Waals surface area contributed by atoms with Crippen molar-refractivity contribution < 1.29 is 29.3 Å². The first kappa shape index (κ1) is 12.6. The van der Waals surface area contributed by atoms with Gasteiger partial charge in [0.1, 0.15) is 11.7 Å². The molecule has 1 fully saturated rings. The zero-order chi connectivity index (χ0) is 12.5. The molecule has 90 valence electrons. The number of carboxylic acids is 1. The zero-order valence-corrected chi connectivity index (χ0v) is 9.04. The number of ether oxygens (including phenoxy) is 1. The van der Waals surface area contributed by atoms with Crippen LogP contribution >= 0.6 is 0 Å². The molecule has 1 aliphatic rings. The van der Waals surface area contributed by atoms with E-state index in [9.17, 15) is 19.5 Å². The molecule has 0 amide bonds. The minimum atomic E-state index is -1.29. The smallest absolute Gasteiger partial charge is 0.317 e. The molecule has 2 N–H and O–H groups in total. The van der Waals surface area contributed by atoms with Gasteiger partial charge in [-0.25, -0.2) is 0 Å². The van der Waals surface area contributed by atoms with Gasteiger partial charge in [-0.15, -0.1) is 0 Å². The Morgan fingerprint density at radius 3 is 2.44 bits per heavy atom. The molecular weight excluding hydrogens is 216 g/mol. The number of carbonyl (C=O) groups is 3.